The van der Waals surface area contributed by atoms with Crippen molar-refractivity contribution in [3.63, 3.8) is 0 Å². The fourth-order valence-electron chi connectivity index (χ4n) is 9.47. The number of nitrogens with zero attached hydrogens (tertiary/aromatic N) is 3. The number of benzene rings is 2. The van der Waals surface area contributed by atoms with Crippen molar-refractivity contribution in [1.29, 1.82) is 0 Å². The highest BCUT2D eigenvalue weighted by molar-refractivity contribution is 6.23. The molecule has 1 amide bonds. The molecule has 0 aromatic heterocycles. The quantitative estimate of drug-likeness (QED) is 0.0926. The molecule has 4 aliphatic heterocycles. The molecule has 16 heteroatoms. The minimum absolute atomic E-state index is 0.0631. The number of aliphatic hydroxyl groups excluding tert-OH is 2. The van der Waals surface area contributed by atoms with Crippen molar-refractivity contribution in [3.8, 4) is 23.0 Å². The van der Waals surface area contributed by atoms with Crippen LogP contribution in [0.5, 0.6) is 23.0 Å². The third-order valence-corrected chi connectivity index (χ3v) is 13.5. The maximum absolute atomic E-state index is 14.5. The SMILES string of the molecule is CO[C@@H]1C=CO[C@@]2(C)Oc3c(C)c(O)c4c(O)c(c(C=NN5CCN(C6CCCC6)CC5)c(O)c4c3C2=O)NC(=O)C(C)=CC=C[C@H](C)[C@H](O)[C@@H](C)[C@H](O)[C@@H](C)[C@@H](OC(C)=O)[C@H]1C. The lowest BCUT2D eigenvalue weighted by atomic mass is 9.78. The second-order valence-electron chi connectivity index (χ2n) is 17.8. The van der Waals surface area contributed by atoms with Crippen LogP contribution in [-0.2, 0) is 23.8 Å². The molecule has 9 atom stereocenters. The zero-order chi connectivity index (χ0) is 46.1. The van der Waals surface area contributed by atoms with E-state index in [0.29, 0.717) is 19.1 Å². The number of phenolic OH excluding ortho intramolecular Hbond substituents is 3. The Morgan fingerprint density at radius 2 is 1.59 bits per heavy atom. The topological polar surface area (TPSA) is 220 Å². The summed E-state index contributed by atoms with van der Waals surface area (Å²) in [5.74, 6) is -8.28. The Morgan fingerprint density at radius 1 is 0.921 bits per heavy atom. The number of allylic oxidation sites excluding steroid dienone is 2. The summed E-state index contributed by atoms with van der Waals surface area (Å²) in [4.78, 5) is 43.2. The molecule has 2 fully saturated rings. The number of ether oxygens (including phenoxy) is 4. The molecular formula is C47H64N4O12. The van der Waals surface area contributed by atoms with E-state index >= 15 is 0 Å². The summed E-state index contributed by atoms with van der Waals surface area (Å²) in [6.45, 7) is 15.4. The lowest BCUT2D eigenvalue weighted by Gasteiger charge is -2.38. The van der Waals surface area contributed by atoms with Crippen LogP contribution in [0.15, 0.2) is 41.2 Å². The molecule has 0 spiro atoms. The van der Waals surface area contributed by atoms with Gasteiger partial charge in [-0.2, -0.15) is 5.10 Å². The number of ketones is 1. The number of Topliss-reactive ketones (excluding diaryl/α,β-unsaturated/α-hetero) is 1. The first kappa shape index (κ1) is 47.3. The number of anilines is 1. The van der Waals surface area contributed by atoms with Crippen LogP contribution in [-0.4, -0.2) is 129 Å². The number of hydrogen-bond donors (Lipinski definition) is 6. The second-order valence-corrected chi connectivity index (χ2v) is 17.8. The molecule has 7 rings (SSSR count). The van der Waals surface area contributed by atoms with Gasteiger partial charge in [-0.15, -0.1) is 0 Å². The number of piperazine rings is 1. The number of rotatable bonds is 5. The van der Waals surface area contributed by atoms with Gasteiger partial charge in [-0.25, -0.2) is 0 Å². The first-order valence-electron chi connectivity index (χ1n) is 21.9. The van der Waals surface area contributed by atoms with Gasteiger partial charge in [-0.3, -0.25) is 24.3 Å². The molecule has 0 unspecified atom stereocenters. The zero-order valence-electron chi connectivity index (χ0n) is 37.8. The van der Waals surface area contributed by atoms with Crippen molar-refractivity contribution in [2.75, 3.05) is 38.6 Å². The van der Waals surface area contributed by atoms with E-state index in [4.69, 9.17) is 18.9 Å². The average molecular weight is 877 g/mol. The maximum Gasteiger partial charge on any atom is 0.312 e. The third-order valence-electron chi connectivity index (χ3n) is 13.5. The van der Waals surface area contributed by atoms with Crippen LogP contribution < -0.4 is 10.1 Å². The summed E-state index contributed by atoms with van der Waals surface area (Å²) in [7, 11) is 1.44. The van der Waals surface area contributed by atoms with Gasteiger partial charge >= 0.3 is 11.8 Å². The van der Waals surface area contributed by atoms with Crippen LogP contribution in [0.2, 0.25) is 0 Å². The third kappa shape index (κ3) is 9.40. The number of phenols is 3. The van der Waals surface area contributed by atoms with Gasteiger partial charge in [-0.05, 0) is 32.8 Å². The Morgan fingerprint density at radius 3 is 2.22 bits per heavy atom. The number of methoxy groups -OCH3 is 1. The zero-order valence-corrected chi connectivity index (χ0v) is 37.8. The molecule has 1 saturated heterocycles. The van der Waals surface area contributed by atoms with Gasteiger partial charge < -0.3 is 49.8 Å². The van der Waals surface area contributed by atoms with Crippen LogP contribution in [0.3, 0.4) is 0 Å². The van der Waals surface area contributed by atoms with Crippen LogP contribution in [0.25, 0.3) is 10.8 Å². The average Bonchev–Trinajstić information content (AvgIpc) is 3.89. The van der Waals surface area contributed by atoms with Crippen LogP contribution in [0, 0.1) is 30.6 Å². The number of nitrogens with one attached hydrogen (secondary N) is 1. The van der Waals surface area contributed by atoms with Crippen molar-refractivity contribution in [2.45, 2.75) is 117 Å². The molecule has 1 saturated carbocycles. The number of esters is 1. The van der Waals surface area contributed by atoms with E-state index in [1.165, 1.54) is 85.1 Å². The molecule has 5 aliphatic rings. The summed E-state index contributed by atoms with van der Waals surface area (Å²) in [5.41, 5.74) is -0.293. The molecule has 0 radical (unpaired) electrons. The second kappa shape index (κ2) is 19.3. The van der Waals surface area contributed by atoms with E-state index in [2.05, 4.69) is 15.3 Å². The number of aromatic hydroxyl groups is 3. The maximum atomic E-state index is 14.5. The lowest BCUT2D eigenvalue weighted by molar-refractivity contribution is -0.160. The van der Waals surface area contributed by atoms with E-state index in [-0.39, 0.29) is 44.5 Å². The predicted molar refractivity (Wildman–Crippen MR) is 237 cm³/mol. The smallest absolute Gasteiger partial charge is 0.312 e. The molecule has 344 valence electrons. The number of hydrogen-bond acceptors (Lipinski definition) is 15. The Hall–Kier alpha value is -5.16. The van der Waals surface area contributed by atoms with Crippen molar-refractivity contribution < 1.29 is 58.9 Å². The van der Waals surface area contributed by atoms with Crippen LogP contribution in [0.4, 0.5) is 5.69 Å². The van der Waals surface area contributed by atoms with Gasteiger partial charge in [0.2, 0.25) is 0 Å². The van der Waals surface area contributed by atoms with E-state index in [1.807, 2.05) is 5.01 Å². The first-order chi connectivity index (χ1) is 29.8. The van der Waals surface area contributed by atoms with E-state index in [0.717, 1.165) is 13.1 Å². The Labute approximate surface area is 368 Å². The van der Waals surface area contributed by atoms with Gasteiger partial charge in [0, 0.05) is 93.4 Å². The van der Waals surface area contributed by atoms with E-state index in [1.54, 1.807) is 39.8 Å². The van der Waals surface area contributed by atoms with Crippen molar-refractivity contribution in [1.82, 2.24) is 9.91 Å². The highest BCUT2D eigenvalue weighted by Gasteiger charge is 2.50. The number of fused-ring (bicyclic) bond motifs is 14. The highest BCUT2D eigenvalue weighted by Crippen LogP contribution is 2.55. The number of hydrazone groups is 1. The van der Waals surface area contributed by atoms with Gasteiger partial charge in [0.1, 0.15) is 23.4 Å². The van der Waals surface area contributed by atoms with Gasteiger partial charge in [0.25, 0.3) is 11.7 Å². The summed E-state index contributed by atoms with van der Waals surface area (Å²) in [5, 5.41) is 67.6. The molecule has 1 aliphatic carbocycles. The summed E-state index contributed by atoms with van der Waals surface area (Å²) < 4.78 is 23.7. The number of amides is 1. The monoisotopic (exact) mass is 876 g/mol. The molecule has 63 heavy (non-hydrogen) atoms. The minimum Gasteiger partial charge on any atom is -0.507 e. The predicted octanol–water partition coefficient (Wildman–Crippen LogP) is 5.65. The standard InChI is InChI=1S/C47H64N4O12/c1-24-13-12-14-25(2)46(59)49-37-32(23-48-51-20-18-50(19-21-51)31-15-10-11-16-31)41(56)34-35(42(37)57)40(55)29(6)44-36(34)45(58)47(8,63-44)61-22-17-33(60-9)26(3)43(62-30(7)52)28(5)39(54)27(4)38(24)53/h12-14,17,22-24,26-28,31,33,38-39,43,53-57H,10-11,15-16,18-21H2,1-9H3,(H,49,59)/t24-,26-,27+,28+,33+,38-,39-,43-,47-/m0/s1. The Balaban J connectivity index is 1.47. The van der Waals surface area contributed by atoms with Crippen molar-refractivity contribution in [2.24, 2.45) is 28.8 Å². The summed E-state index contributed by atoms with van der Waals surface area (Å²) in [6.07, 6.45) is 9.75. The fourth-order valence-corrected chi connectivity index (χ4v) is 9.47. The van der Waals surface area contributed by atoms with E-state index in [9.17, 15) is 39.9 Å². The molecule has 4 heterocycles. The molecule has 2 aromatic carbocycles. The largest absolute Gasteiger partial charge is 0.507 e. The van der Waals surface area contributed by atoms with Crippen LogP contribution in [0.1, 0.15) is 95.6 Å². The molecule has 16 nitrogen and oxygen atoms in total. The van der Waals surface area contributed by atoms with Crippen molar-refractivity contribution in [3.05, 3.63) is 52.8 Å². The van der Waals surface area contributed by atoms with Gasteiger partial charge in [0.05, 0.1) is 53.0 Å². The minimum atomic E-state index is -2.04. The summed E-state index contributed by atoms with van der Waals surface area (Å²) in [6, 6.07) is 0.553. The first-order valence-corrected chi connectivity index (χ1v) is 21.9. The molecule has 5 bridgehead atoms. The van der Waals surface area contributed by atoms with Gasteiger partial charge in [0.15, 0.2) is 5.75 Å². The Kier molecular flexibility index (Phi) is 14.5. The number of carbonyl (C=O) groups excluding carboxylic acids is 3. The van der Waals surface area contributed by atoms with Crippen LogP contribution >= 0.6 is 0 Å². The van der Waals surface area contributed by atoms with E-state index < -0.39 is 88.8 Å². The van der Waals surface area contributed by atoms with Crippen molar-refractivity contribution >= 4 is 40.3 Å². The summed E-state index contributed by atoms with van der Waals surface area (Å²) >= 11 is 0. The lowest BCUT2D eigenvalue weighted by Crippen LogP contribution is -2.47. The molecule has 6 N–H and O–H groups in total. The highest BCUT2D eigenvalue weighted by atomic mass is 16.7. The normalized spacial score (nSPS) is 30.5. The Bertz CT molecular complexity index is 2190. The number of aliphatic hydroxyl groups is 2. The molecule has 2 aromatic rings. The van der Waals surface area contributed by atoms with Gasteiger partial charge in [-0.1, -0.05) is 58.8 Å². The fraction of sp³-hybridized carbons (Fsp3) is 0.574. The molecular weight excluding hydrogens is 813 g/mol. The number of carbonyl (C=O) groups is 3.